The van der Waals surface area contributed by atoms with E-state index in [1.807, 2.05) is 44.2 Å². The molecule has 3 aromatic rings. The van der Waals surface area contributed by atoms with E-state index in [0.29, 0.717) is 15.6 Å². The molecule has 0 bridgehead atoms. The van der Waals surface area contributed by atoms with Crippen molar-refractivity contribution in [2.24, 2.45) is 0 Å². The Morgan fingerprint density at radius 2 is 1.52 bits per heavy atom. The van der Waals surface area contributed by atoms with Crippen molar-refractivity contribution in [1.29, 1.82) is 0 Å². The number of halogens is 4. The molecule has 40 heavy (non-hydrogen) atoms. The van der Waals surface area contributed by atoms with Crippen LogP contribution in [0.2, 0.25) is 20.1 Å². The molecule has 0 aromatic heterocycles. The van der Waals surface area contributed by atoms with Gasteiger partial charge in [0.15, 0.2) is 0 Å². The van der Waals surface area contributed by atoms with E-state index in [2.05, 4.69) is 5.32 Å². The maximum Gasteiger partial charge on any atom is 0.244 e. The number of carbonyl (C=O) groups excluding carboxylic acids is 2. The summed E-state index contributed by atoms with van der Waals surface area (Å²) in [4.78, 5) is 28.9. The Labute approximate surface area is 255 Å². The molecule has 3 rings (SSSR count). The third-order valence-corrected chi connectivity index (χ3v) is 8.30. The topological polar surface area (TPSA) is 86.8 Å². The molecule has 0 radical (unpaired) electrons. The molecule has 0 fully saturated rings. The molecule has 12 heteroatoms. The van der Waals surface area contributed by atoms with Gasteiger partial charge in [0, 0.05) is 24.0 Å². The summed E-state index contributed by atoms with van der Waals surface area (Å²) in [6.07, 6.45) is 1.16. The van der Waals surface area contributed by atoms with Gasteiger partial charge in [0.1, 0.15) is 12.6 Å². The fourth-order valence-corrected chi connectivity index (χ4v) is 5.79. The normalized spacial score (nSPS) is 12.2. The standard InChI is InChI=1S/C28H29Cl4N3O4S/c1-18(2)33-28(37)26(14-19-7-5-4-6-8-19)34(16-20-9-11-22(30)23(31)13-20)27(36)17-35(40(3,38)39)25-12-10-21(29)15-24(25)32/h4-13,15,18,26H,14,16-17H2,1-3H3,(H,33,37). The van der Waals surface area contributed by atoms with Crippen molar-refractivity contribution in [3.05, 3.63) is 97.9 Å². The minimum atomic E-state index is -3.97. The van der Waals surface area contributed by atoms with Crippen LogP contribution in [0.1, 0.15) is 25.0 Å². The Bertz CT molecular complexity index is 1470. The lowest BCUT2D eigenvalue weighted by Crippen LogP contribution is -2.54. The molecule has 0 aliphatic carbocycles. The summed E-state index contributed by atoms with van der Waals surface area (Å²) in [7, 11) is -3.97. The van der Waals surface area contributed by atoms with Crippen LogP contribution in [0.25, 0.3) is 0 Å². The number of carbonyl (C=O) groups is 2. The van der Waals surface area contributed by atoms with Gasteiger partial charge in [0.2, 0.25) is 21.8 Å². The molecular weight excluding hydrogens is 616 g/mol. The van der Waals surface area contributed by atoms with E-state index in [0.717, 1.165) is 16.1 Å². The first kappa shape index (κ1) is 32.0. The first-order chi connectivity index (χ1) is 18.8. The molecule has 0 aliphatic heterocycles. The second kappa shape index (κ2) is 13.9. The van der Waals surface area contributed by atoms with Gasteiger partial charge in [-0.2, -0.15) is 0 Å². The van der Waals surface area contributed by atoms with Crippen LogP contribution in [-0.2, 0) is 32.6 Å². The van der Waals surface area contributed by atoms with Crippen molar-refractivity contribution >= 4 is 73.9 Å². The van der Waals surface area contributed by atoms with Crippen molar-refractivity contribution in [2.45, 2.75) is 38.9 Å². The van der Waals surface area contributed by atoms with Gasteiger partial charge in [-0.1, -0.05) is 82.8 Å². The zero-order valence-electron chi connectivity index (χ0n) is 22.1. The monoisotopic (exact) mass is 643 g/mol. The van der Waals surface area contributed by atoms with Crippen LogP contribution in [0.15, 0.2) is 66.7 Å². The van der Waals surface area contributed by atoms with Gasteiger partial charge in [-0.05, 0) is 55.3 Å². The first-order valence-corrected chi connectivity index (χ1v) is 15.6. The zero-order valence-corrected chi connectivity index (χ0v) is 25.9. The predicted octanol–water partition coefficient (Wildman–Crippen LogP) is 6.23. The molecule has 1 N–H and O–H groups in total. The average molecular weight is 645 g/mol. The SMILES string of the molecule is CC(C)NC(=O)C(Cc1ccccc1)N(Cc1ccc(Cl)c(Cl)c1)C(=O)CN(c1ccc(Cl)cc1Cl)S(C)(=O)=O. The quantitative estimate of drug-likeness (QED) is 0.268. The van der Waals surface area contributed by atoms with E-state index in [9.17, 15) is 18.0 Å². The lowest BCUT2D eigenvalue weighted by atomic mass is 10.0. The average Bonchev–Trinajstić information content (AvgIpc) is 2.86. The molecule has 0 spiro atoms. The zero-order chi connectivity index (χ0) is 29.6. The molecule has 1 atom stereocenters. The second-order valence-corrected chi connectivity index (χ2v) is 13.1. The third kappa shape index (κ3) is 8.75. The Kier molecular flexibility index (Phi) is 11.1. The molecule has 214 valence electrons. The first-order valence-electron chi connectivity index (χ1n) is 12.3. The lowest BCUT2D eigenvalue weighted by molar-refractivity contribution is -0.140. The summed E-state index contributed by atoms with van der Waals surface area (Å²) >= 11 is 24.7. The fraction of sp³-hybridized carbons (Fsp3) is 0.286. The summed E-state index contributed by atoms with van der Waals surface area (Å²) in [5.41, 5.74) is 1.51. The predicted molar refractivity (Wildman–Crippen MR) is 163 cm³/mol. The number of amides is 2. The highest BCUT2D eigenvalue weighted by atomic mass is 35.5. The minimum Gasteiger partial charge on any atom is -0.352 e. The number of nitrogens with one attached hydrogen (secondary N) is 1. The van der Waals surface area contributed by atoms with Crippen LogP contribution in [0.3, 0.4) is 0 Å². The molecule has 0 saturated heterocycles. The van der Waals surface area contributed by atoms with Crippen molar-refractivity contribution in [2.75, 3.05) is 17.1 Å². The van der Waals surface area contributed by atoms with E-state index in [-0.39, 0.29) is 40.6 Å². The van der Waals surface area contributed by atoms with Crippen molar-refractivity contribution in [3.63, 3.8) is 0 Å². The van der Waals surface area contributed by atoms with E-state index in [4.69, 9.17) is 46.4 Å². The van der Waals surface area contributed by atoms with Crippen LogP contribution < -0.4 is 9.62 Å². The van der Waals surface area contributed by atoms with Crippen LogP contribution >= 0.6 is 46.4 Å². The highest BCUT2D eigenvalue weighted by Crippen LogP contribution is 2.31. The number of hydrogen-bond acceptors (Lipinski definition) is 4. The number of benzene rings is 3. The van der Waals surface area contributed by atoms with Crippen molar-refractivity contribution in [3.8, 4) is 0 Å². The molecule has 1 unspecified atom stereocenters. The Morgan fingerprint density at radius 3 is 2.10 bits per heavy atom. The van der Waals surface area contributed by atoms with Gasteiger partial charge in [-0.25, -0.2) is 8.42 Å². The lowest BCUT2D eigenvalue weighted by Gasteiger charge is -2.34. The second-order valence-electron chi connectivity index (χ2n) is 9.50. The summed E-state index contributed by atoms with van der Waals surface area (Å²) in [6.45, 7) is 2.99. The summed E-state index contributed by atoms with van der Waals surface area (Å²) < 4.78 is 26.6. The van der Waals surface area contributed by atoms with E-state index in [1.165, 1.54) is 23.1 Å². The Hall–Kier alpha value is -2.49. The van der Waals surface area contributed by atoms with E-state index >= 15 is 0 Å². The summed E-state index contributed by atoms with van der Waals surface area (Å²) in [5, 5.41) is 3.87. The summed E-state index contributed by atoms with van der Waals surface area (Å²) in [5.74, 6) is -1.01. The van der Waals surface area contributed by atoms with Gasteiger partial charge in [0.25, 0.3) is 0 Å². The van der Waals surface area contributed by atoms with E-state index in [1.54, 1.807) is 18.2 Å². The molecule has 0 aliphatic rings. The smallest absolute Gasteiger partial charge is 0.244 e. The Balaban J connectivity index is 2.09. The number of sulfonamides is 1. The highest BCUT2D eigenvalue weighted by molar-refractivity contribution is 7.92. The number of hydrogen-bond donors (Lipinski definition) is 1. The van der Waals surface area contributed by atoms with Crippen molar-refractivity contribution < 1.29 is 18.0 Å². The fourth-order valence-electron chi connectivity index (χ4n) is 4.05. The van der Waals surface area contributed by atoms with Crippen LogP contribution in [0.4, 0.5) is 5.69 Å². The van der Waals surface area contributed by atoms with Crippen molar-refractivity contribution in [1.82, 2.24) is 10.2 Å². The Morgan fingerprint density at radius 1 is 0.850 bits per heavy atom. The van der Waals surface area contributed by atoms with Crippen LogP contribution in [-0.4, -0.2) is 50.0 Å². The van der Waals surface area contributed by atoms with Crippen LogP contribution in [0.5, 0.6) is 0 Å². The van der Waals surface area contributed by atoms with Crippen LogP contribution in [0, 0.1) is 0 Å². The minimum absolute atomic E-state index is 0.0370. The van der Waals surface area contributed by atoms with Gasteiger partial charge in [0.05, 0.1) is 27.0 Å². The van der Waals surface area contributed by atoms with Gasteiger partial charge in [-0.3, -0.25) is 13.9 Å². The third-order valence-electron chi connectivity index (χ3n) is 5.90. The summed E-state index contributed by atoms with van der Waals surface area (Å²) in [6, 6.07) is 17.3. The van der Waals surface area contributed by atoms with Gasteiger partial charge >= 0.3 is 0 Å². The van der Waals surface area contributed by atoms with Gasteiger partial charge in [-0.15, -0.1) is 0 Å². The number of rotatable bonds is 11. The molecule has 7 nitrogen and oxygen atoms in total. The molecule has 3 aromatic carbocycles. The largest absolute Gasteiger partial charge is 0.352 e. The highest BCUT2D eigenvalue weighted by Gasteiger charge is 2.33. The van der Waals surface area contributed by atoms with E-state index < -0.39 is 28.5 Å². The van der Waals surface area contributed by atoms with Gasteiger partial charge < -0.3 is 10.2 Å². The molecule has 0 saturated carbocycles. The number of anilines is 1. The molecule has 2 amide bonds. The maximum absolute atomic E-state index is 14.0. The maximum atomic E-state index is 14.0. The number of nitrogens with zero attached hydrogens (tertiary/aromatic N) is 2. The molecule has 0 heterocycles. The molecular formula is C28H29Cl4N3O4S.